The van der Waals surface area contributed by atoms with Crippen molar-refractivity contribution in [3.8, 4) is 0 Å². The maximum Gasteiger partial charge on any atom is 0.338 e. The van der Waals surface area contributed by atoms with E-state index in [1.54, 1.807) is 17.5 Å². The molecule has 116 valence electrons. The van der Waals surface area contributed by atoms with E-state index in [0.29, 0.717) is 11.0 Å². The first kappa shape index (κ1) is 15.0. The quantitative estimate of drug-likeness (QED) is 0.672. The molecule has 0 aliphatic heterocycles. The monoisotopic (exact) mass is 317 g/mol. The predicted octanol–water partition coefficient (Wildman–Crippen LogP) is 2.76. The molecule has 0 aromatic carbocycles. The van der Waals surface area contributed by atoms with Crippen LogP contribution in [-0.2, 0) is 25.8 Å². The maximum absolute atomic E-state index is 10.9. The van der Waals surface area contributed by atoms with Gasteiger partial charge in [-0.3, -0.25) is 10.2 Å². The second-order valence-electron chi connectivity index (χ2n) is 5.73. The fraction of sp³-hybridized carbons (Fsp3) is 0.375. The van der Waals surface area contributed by atoms with Gasteiger partial charge in [0.25, 0.3) is 0 Å². The summed E-state index contributed by atoms with van der Waals surface area (Å²) in [5.74, 6) is 0.625. The lowest BCUT2D eigenvalue weighted by atomic mass is 9.84. The van der Waals surface area contributed by atoms with E-state index in [2.05, 4.69) is 17.1 Å². The molecule has 0 spiro atoms. The van der Waals surface area contributed by atoms with E-state index in [9.17, 15) is 10.0 Å². The number of thiophene rings is 1. The van der Waals surface area contributed by atoms with Crippen molar-refractivity contribution in [1.82, 2.24) is 10.0 Å². The number of amides is 2. The third-order valence-corrected chi connectivity index (χ3v) is 5.26. The first-order valence-corrected chi connectivity index (χ1v) is 8.18. The van der Waals surface area contributed by atoms with Crippen LogP contribution in [0.1, 0.15) is 27.3 Å². The molecule has 6 heteroatoms. The Morgan fingerprint density at radius 2 is 2.41 bits per heavy atom. The summed E-state index contributed by atoms with van der Waals surface area (Å²) in [5, 5.41) is 10.0. The van der Waals surface area contributed by atoms with Crippen molar-refractivity contribution in [2.45, 2.75) is 32.2 Å². The van der Waals surface area contributed by atoms with Gasteiger partial charge in [0.1, 0.15) is 0 Å². The zero-order valence-electron chi connectivity index (χ0n) is 12.2. The van der Waals surface area contributed by atoms with E-state index in [1.807, 2.05) is 12.3 Å². The van der Waals surface area contributed by atoms with Crippen LogP contribution in [-0.4, -0.2) is 21.3 Å². The number of carbonyl (C=O) groups is 1. The van der Waals surface area contributed by atoms with Crippen LogP contribution < -0.4 is 5.73 Å². The summed E-state index contributed by atoms with van der Waals surface area (Å²) in [6, 6.07) is 5.38. The van der Waals surface area contributed by atoms with Gasteiger partial charge in [-0.2, -0.15) is 0 Å². The highest BCUT2D eigenvalue weighted by Gasteiger charge is 2.22. The number of aryl methyl sites for hydroxylation is 1. The Kier molecular flexibility index (Phi) is 4.40. The normalized spacial score (nSPS) is 17.0. The van der Waals surface area contributed by atoms with Crippen LogP contribution in [0.3, 0.4) is 0 Å². The number of fused-ring (bicyclic) bond motifs is 1. The minimum atomic E-state index is -0.819. The molecular formula is C16H19N3O2S. The number of hydrogen-bond acceptors (Lipinski definition) is 4. The van der Waals surface area contributed by atoms with Crippen LogP contribution in [0.25, 0.3) is 0 Å². The number of nitrogens with two attached hydrogens (primary N) is 1. The standard InChI is InChI=1S/C16H19N3O2S/c17-16(20)19(21)10-14-8-13-7-11(3-4-15(13)22-14)6-12-2-1-5-18-9-12/h1-2,5,8-9,11,21H,3-4,6-7,10H2,(H2,17,20). The van der Waals surface area contributed by atoms with Gasteiger partial charge in [0.05, 0.1) is 6.54 Å². The largest absolute Gasteiger partial charge is 0.350 e. The van der Waals surface area contributed by atoms with E-state index in [1.165, 1.54) is 22.4 Å². The van der Waals surface area contributed by atoms with Gasteiger partial charge in [-0.25, -0.2) is 9.86 Å². The second-order valence-corrected chi connectivity index (χ2v) is 6.95. The number of hydroxylamine groups is 2. The molecule has 1 unspecified atom stereocenters. The molecule has 1 atom stereocenters. The fourth-order valence-electron chi connectivity index (χ4n) is 2.99. The van der Waals surface area contributed by atoms with Gasteiger partial charge in [-0.05, 0) is 54.9 Å². The average Bonchev–Trinajstić information content (AvgIpc) is 2.89. The van der Waals surface area contributed by atoms with E-state index in [-0.39, 0.29) is 6.54 Å². The highest BCUT2D eigenvalue weighted by atomic mass is 32.1. The Bertz CT molecular complexity index is 657. The Balaban J connectivity index is 1.65. The molecule has 0 bridgehead atoms. The van der Waals surface area contributed by atoms with E-state index >= 15 is 0 Å². The van der Waals surface area contributed by atoms with Crippen molar-refractivity contribution in [1.29, 1.82) is 0 Å². The maximum atomic E-state index is 10.9. The van der Waals surface area contributed by atoms with E-state index in [0.717, 1.165) is 24.1 Å². The molecular weight excluding hydrogens is 298 g/mol. The summed E-state index contributed by atoms with van der Waals surface area (Å²) in [4.78, 5) is 17.4. The molecule has 1 aliphatic rings. The van der Waals surface area contributed by atoms with Gasteiger partial charge in [0.15, 0.2) is 0 Å². The van der Waals surface area contributed by atoms with Crippen LogP contribution >= 0.6 is 11.3 Å². The molecule has 5 nitrogen and oxygen atoms in total. The molecule has 2 amide bonds. The van der Waals surface area contributed by atoms with E-state index in [4.69, 9.17) is 5.73 Å². The lowest BCUT2D eigenvalue weighted by Gasteiger charge is -2.21. The average molecular weight is 317 g/mol. The molecule has 3 N–H and O–H groups in total. The lowest BCUT2D eigenvalue weighted by Crippen LogP contribution is -2.31. The molecule has 0 saturated carbocycles. The summed E-state index contributed by atoms with van der Waals surface area (Å²) in [7, 11) is 0. The third kappa shape index (κ3) is 3.45. The number of urea groups is 1. The molecule has 2 aromatic heterocycles. The highest BCUT2D eigenvalue weighted by molar-refractivity contribution is 7.12. The number of aromatic nitrogens is 1. The fourth-order valence-corrected chi connectivity index (χ4v) is 4.19. The predicted molar refractivity (Wildman–Crippen MR) is 84.7 cm³/mol. The van der Waals surface area contributed by atoms with Crippen LogP contribution in [0.5, 0.6) is 0 Å². The van der Waals surface area contributed by atoms with Crippen molar-refractivity contribution in [3.63, 3.8) is 0 Å². The number of hydrogen-bond donors (Lipinski definition) is 2. The van der Waals surface area contributed by atoms with Gasteiger partial charge < -0.3 is 5.73 Å². The molecule has 0 saturated heterocycles. The molecule has 2 heterocycles. The smallest absolute Gasteiger partial charge is 0.338 e. The topological polar surface area (TPSA) is 79.5 Å². The Morgan fingerprint density at radius 1 is 1.55 bits per heavy atom. The molecule has 0 fully saturated rings. The number of nitrogens with zero attached hydrogens (tertiary/aromatic N) is 2. The van der Waals surface area contributed by atoms with Crippen molar-refractivity contribution >= 4 is 17.4 Å². The Hall–Kier alpha value is -1.92. The van der Waals surface area contributed by atoms with Gasteiger partial charge in [0, 0.05) is 22.1 Å². The Morgan fingerprint density at radius 3 is 3.14 bits per heavy atom. The summed E-state index contributed by atoms with van der Waals surface area (Å²) < 4.78 is 0. The van der Waals surface area contributed by atoms with Crippen molar-refractivity contribution < 1.29 is 10.0 Å². The van der Waals surface area contributed by atoms with Crippen LogP contribution in [0, 0.1) is 5.92 Å². The van der Waals surface area contributed by atoms with Crippen molar-refractivity contribution in [2.24, 2.45) is 11.7 Å². The van der Waals surface area contributed by atoms with Crippen LogP contribution in [0.4, 0.5) is 4.79 Å². The lowest BCUT2D eigenvalue weighted by molar-refractivity contribution is -0.0462. The minimum absolute atomic E-state index is 0.167. The number of pyridine rings is 1. The van der Waals surface area contributed by atoms with Gasteiger partial charge >= 0.3 is 6.03 Å². The number of primary amides is 1. The number of carbonyl (C=O) groups excluding carboxylic acids is 1. The van der Waals surface area contributed by atoms with Gasteiger partial charge in [-0.1, -0.05) is 6.07 Å². The van der Waals surface area contributed by atoms with Gasteiger partial charge in [-0.15, -0.1) is 11.3 Å². The summed E-state index contributed by atoms with van der Waals surface area (Å²) >= 11 is 1.67. The first-order valence-electron chi connectivity index (χ1n) is 7.37. The van der Waals surface area contributed by atoms with Crippen LogP contribution in [0.15, 0.2) is 30.6 Å². The van der Waals surface area contributed by atoms with Crippen molar-refractivity contribution in [3.05, 3.63) is 51.5 Å². The molecule has 0 radical (unpaired) electrons. The summed E-state index contributed by atoms with van der Waals surface area (Å²) in [5.41, 5.74) is 7.67. The first-order chi connectivity index (χ1) is 10.6. The number of rotatable bonds is 4. The van der Waals surface area contributed by atoms with Crippen LogP contribution in [0.2, 0.25) is 0 Å². The SMILES string of the molecule is NC(=O)N(O)Cc1cc2c(s1)CCC(Cc1cccnc1)C2. The van der Waals surface area contributed by atoms with Crippen molar-refractivity contribution in [2.75, 3.05) is 0 Å². The molecule has 1 aliphatic carbocycles. The summed E-state index contributed by atoms with van der Waals surface area (Å²) in [6.45, 7) is 0.167. The second kappa shape index (κ2) is 6.46. The molecule has 2 aromatic rings. The third-order valence-electron chi connectivity index (χ3n) is 4.04. The highest BCUT2D eigenvalue weighted by Crippen LogP contribution is 2.34. The zero-order chi connectivity index (χ0) is 15.5. The molecule has 22 heavy (non-hydrogen) atoms. The molecule has 3 rings (SSSR count). The van der Waals surface area contributed by atoms with Gasteiger partial charge in [0.2, 0.25) is 0 Å². The Labute approximate surface area is 133 Å². The minimum Gasteiger partial charge on any atom is -0.350 e. The van der Waals surface area contributed by atoms with E-state index < -0.39 is 6.03 Å². The summed E-state index contributed by atoms with van der Waals surface area (Å²) in [6.07, 6.45) is 8.06. The zero-order valence-corrected chi connectivity index (χ0v) is 13.1.